The highest BCUT2D eigenvalue weighted by Gasteiger charge is 2.21. The molecule has 3 N–H and O–H groups in total. The predicted molar refractivity (Wildman–Crippen MR) is 58.0 cm³/mol. The molecular formula is C7H16N2O2S2. The van der Waals surface area contributed by atoms with Crippen LogP contribution >= 0.6 is 12.2 Å². The van der Waals surface area contributed by atoms with Gasteiger partial charge < -0.3 is 5.73 Å². The Morgan fingerprint density at radius 2 is 2.00 bits per heavy atom. The van der Waals surface area contributed by atoms with E-state index >= 15 is 0 Å². The number of thiocarbonyl (C=S) groups is 1. The number of rotatable bonds is 5. The standard InChI is InChI=1S/C7H16N2O2S2/c1-4-13(10,11)9-6(5(2)3)7(8)12/h5-6,9H,4H2,1-3H3,(H2,8,12). The van der Waals surface area contributed by atoms with E-state index in [0.717, 1.165) is 0 Å². The van der Waals surface area contributed by atoms with Crippen LogP contribution in [0.2, 0.25) is 0 Å². The molecule has 0 aromatic carbocycles. The van der Waals surface area contributed by atoms with Crippen molar-refractivity contribution in [1.82, 2.24) is 4.72 Å². The second kappa shape index (κ2) is 4.88. The van der Waals surface area contributed by atoms with E-state index in [1.165, 1.54) is 0 Å². The van der Waals surface area contributed by atoms with Crippen LogP contribution in [0.25, 0.3) is 0 Å². The summed E-state index contributed by atoms with van der Waals surface area (Å²) in [6, 6.07) is -0.444. The predicted octanol–water partition coefficient (Wildman–Crippen LogP) is 0.236. The van der Waals surface area contributed by atoms with Crippen molar-refractivity contribution in [3.05, 3.63) is 0 Å². The van der Waals surface area contributed by atoms with Crippen molar-refractivity contribution < 1.29 is 8.42 Å². The maximum absolute atomic E-state index is 11.2. The van der Waals surface area contributed by atoms with Crippen molar-refractivity contribution in [2.45, 2.75) is 26.8 Å². The number of nitrogens with one attached hydrogen (secondary N) is 1. The maximum Gasteiger partial charge on any atom is 0.211 e. The van der Waals surface area contributed by atoms with E-state index in [2.05, 4.69) is 4.72 Å². The Morgan fingerprint density at radius 3 is 2.23 bits per heavy atom. The Kier molecular flexibility index (Phi) is 4.80. The van der Waals surface area contributed by atoms with Gasteiger partial charge in [-0.05, 0) is 12.8 Å². The Balaban J connectivity index is 4.54. The molecule has 0 bridgehead atoms. The summed E-state index contributed by atoms with van der Waals surface area (Å²) in [5.41, 5.74) is 5.40. The van der Waals surface area contributed by atoms with Gasteiger partial charge in [-0.15, -0.1) is 0 Å². The molecule has 0 rings (SSSR count). The molecule has 0 saturated heterocycles. The molecule has 0 amide bonds. The summed E-state index contributed by atoms with van der Waals surface area (Å²) in [7, 11) is -3.23. The molecule has 78 valence electrons. The van der Waals surface area contributed by atoms with Crippen LogP contribution in [0.5, 0.6) is 0 Å². The number of hydrogen-bond donors (Lipinski definition) is 2. The molecule has 0 aliphatic heterocycles. The molecule has 0 saturated carbocycles. The summed E-state index contributed by atoms with van der Waals surface area (Å²) < 4.78 is 24.8. The molecule has 0 aliphatic carbocycles. The Labute approximate surface area is 84.9 Å². The van der Waals surface area contributed by atoms with Gasteiger partial charge in [-0.25, -0.2) is 13.1 Å². The zero-order chi connectivity index (χ0) is 10.6. The van der Waals surface area contributed by atoms with Gasteiger partial charge in [0.25, 0.3) is 0 Å². The van der Waals surface area contributed by atoms with E-state index in [-0.39, 0.29) is 16.7 Å². The van der Waals surface area contributed by atoms with E-state index in [1.54, 1.807) is 6.92 Å². The van der Waals surface area contributed by atoms with Crippen LogP contribution in [0.1, 0.15) is 20.8 Å². The summed E-state index contributed by atoms with van der Waals surface area (Å²) in [5.74, 6) is 0.109. The molecular weight excluding hydrogens is 208 g/mol. The van der Waals surface area contributed by atoms with E-state index < -0.39 is 16.1 Å². The van der Waals surface area contributed by atoms with Crippen molar-refractivity contribution in [3.8, 4) is 0 Å². The Hall–Kier alpha value is -0.200. The molecule has 1 atom stereocenters. The van der Waals surface area contributed by atoms with Crippen LogP contribution in [0, 0.1) is 5.92 Å². The molecule has 0 aromatic rings. The van der Waals surface area contributed by atoms with Crippen molar-refractivity contribution in [3.63, 3.8) is 0 Å². The van der Waals surface area contributed by atoms with Gasteiger partial charge >= 0.3 is 0 Å². The highest BCUT2D eigenvalue weighted by molar-refractivity contribution is 7.89. The minimum Gasteiger partial charge on any atom is -0.392 e. The van der Waals surface area contributed by atoms with Gasteiger partial charge in [0.2, 0.25) is 10.0 Å². The molecule has 4 nitrogen and oxygen atoms in total. The summed E-state index contributed by atoms with van der Waals surface area (Å²) in [6.45, 7) is 5.29. The number of sulfonamides is 1. The third kappa shape index (κ3) is 4.54. The van der Waals surface area contributed by atoms with Crippen LogP contribution in [0.3, 0.4) is 0 Å². The van der Waals surface area contributed by atoms with E-state index in [4.69, 9.17) is 18.0 Å². The fourth-order valence-corrected chi connectivity index (χ4v) is 2.16. The van der Waals surface area contributed by atoms with Gasteiger partial charge in [0.1, 0.15) is 0 Å². The first-order valence-electron chi connectivity index (χ1n) is 4.09. The summed E-state index contributed by atoms with van der Waals surface area (Å²) in [5, 5.41) is 0. The molecule has 0 aliphatic rings. The lowest BCUT2D eigenvalue weighted by molar-refractivity contribution is 0.527. The smallest absolute Gasteiger partial charge is 0.211 e. The monoisotopic (exact) mass is 224 g/mol. The lowest BCUT2D eigenvalue weighted by Gasteiger charge is -2.20. The van der Waals surface area contributed by atoms with Crippen molar-refractivity contribution >= 4 is 27.2 Å². The maximum atomic E-state index is 11.2. The minimum atomic E-state index is -3.23. The summed E-state index contributed by atoms with van der Waals surface area (Å²) in [4.78, 5) is 0.187. The zero-order valence-electron chi connectivity index (χ0n) is 8.07. The van der Waals surface area contributed by atoms with Gasteiger partial charge in [0.15, 0.2) is 0 Å². The molecule has 13 heavy (non-hydrogen) atoms. The minimum absolute atomic E-state index is 0.0405. The van der Waals surface area contributed by atoms with Gasteiger partial charge in [0, 0.05) is 0 Å². The first-order valence-corrected chi connectivity index (χ1v) is 6.15. The van der Waals surface area contributed by atoms with E-state index in [0.29, 0.717) is 0 Å². The summed E-state index contributed by atoms with van der Waals surface area (Å²) in [6.07, 6.45) is 0. The average Bonchev–Trinajstić information content (AvgIpc) is 1.99. The van der Waals surface area contributed by atoms with Crippen LogP contribution in [-0.2, 0) is 10.0 Å². The molecule has 0 aromatic heterocycles. The van der Waals surface area contributed by atoms with Gasteiger partial charge in [-0.3, -0.25) is 0 Å². The molecule has 0 fully saturated rings. The second-order valence-electron chi connectivity index (χ2n) is 3.15. The van der Waals surface area contributed by atoms with Crippen molar-refractivity contribution in [2.75, 3.05) is 5.75 Å². The normalized spacial score (nSPS) is 14.5. The Bertz CT molecular complexity index is 272. The largest absolute Gasteiger partial charge is 0.392 e. The fraction of sp³-hybridized carbons (Fsp3) is 0.857. The highest BCUT2D eigenvalue weighted by Crippen LogP contribution is 2.03. The van der Waals surface area contributed by atoms with E-state index in [1.807, 2.05) is 13.8 Å². The quantitative estimate of drug-likeness (QED) is 0.656. The first kappa shape index (κ1) is 12.8. The number of hydrogen-bond acceptors (Lipinski definition) is 3. The fourth-order valence-electron chi connectivity index (χ4n) is 0.799. The van der Waals surface area contributed by atoms with Crippen LogP contribution < -0.4 is 10.5 Å². The number of nitrogens with two attached hydrogens (primary N) is 1. The first-order chi connectivity index (χ1) is 5.80. The van der Waals surface area contributed by atoms with E-state index in [9.17, 15) is 8.42 Å². The topological polar surface area (TPSA) is 72.2 Å². The van der Waals surface area contributed by atoms with Crippen LogP contribution in [-0.4, -0.2) is 25.2 Å². The van der Waals surface area contributed by atoms with Crippen molar-refractivity contribution in [1.29, 1.82) is 0 Å². The van der Waals surface area contributed by atoms with Crippen LogP contribution in [0.4, 0.5) is 0 Å². The molecule has 0 spiro atoms. The molecule has 1 unspecified atom stereocenters. The molecule has 0 heterocycles. The third-order valence-electron chi connectivity index (χ3n) is 1.66. The van der Waals surface area contributed by atoms with Crippen LogP contribution in [0.15, 0.2) is 0 Å². The Morgan fingerprint density at radius 1 is 1.54 bits per heavy atom. The second-order valence-corrected chi connectivity index (χ2v) is 5.66. The SMILES string of the molecule is CCS(=O)(=O)NC(C(N)=S)C(C)C. The molecule has 0 radical (unpaired) electrons. The van der Waals surface area contributed by atoms with Gasteiger partial charge in [-0.1, -0.05) is 26.1 Å². The third-order valence-corrected chi connectivity index (χ3v) is 3.29. The van der Waals surface area contributed by atoms with Gasteiger partial charge in [-0.2, -0.15) is 0 Å². The summed E-state index contributed by atoms with van der Waals surface area (Å²) >= 11 is 4.76. The van der Waals surface area contributed by atoms with Crippen molar-refractivity contribution in [2.24, 2.45) is 11.7 Å². The highest BCUT2D eigenvalue weighted by atomic mass is 32.2. The zero-order valence-corrected chi connectivity index (χ0v) is 9.71. The van der Waals surface area contributed by atoms with Gasteiger partial charge in [0.05, 0.1) is 16.8 Å². The lowest BCUT2D eigenvalue weighted by Crippen LogP contribution is -2.47. The lowest BCUT2D eigenvalue weighted by atomic mass is 10.1. The molecule has 6 heteroatoms. The average molecular weight is 224 g/mol.